The van der Waals surface area contributed by atoms with E-state index in [9.17, 15) is 0 Å². The molecule has 17 heavy (non-hydrogen) atoms. The summed E-state index contributed by atoms with van der Waals surface area (Å²) in [5, 5.41) is 3.51. The maximum atomic E-state index is 4.12. The summed E-state index contributed by atoms with van der Waals surface area (Å²) < 4.78 is 0. The first-order chi connectivity index (χ1) is 8.43. The maximum absolute atomic E-state index is 4.12. The van der Waals surface area contributed by atoms with Gasteiger partial charge in [-0.1, -0.05) is 0 Å². The molecule has 2 heterocycles. The monoisotopic (exact) mass is 231 g/mol. The molecule has 3 heteroatoms. The topological polar surface area (TPSA) is 28.2 Å². The van der Waals surface area contributed by atoms with Crippen molar-refractivity contribution in [2.24, 2.45) is 5.92 Å². The van der Waals surface area contributed by atoms with Gasteiger partial charge < -0.3 is 10.2 Å². The van der Waals surface area contributed by atoms with Crippen LogP contribution in [0.2, 0.25) is 0 Å². The van der Waals surface area contributed by atoms with Crippen LogP contribution in [-0.2, 0) is 0 Å². The van der Waals surface area contributed by atoms with Crippen LogP contribution >= 0.6 is 0 Å². The van der Waals surface area contributed by atoms with Gasteiger partial charge in [0.25, 0.3) is 0 Å². The zero-order valence-corrected chi connectivity index (χ0v) is 10.3. The van der Waals surface area contributed by atoms with E-state index in [1.165, 1.54) is 51.0 Å². The van der Waals surface area contributed by atoms with Crippen LogP contribution in [0.3, 0.4) is 0 Å². The average Bonchev–Trinajstić information content (AvgIpc) is 3.23. The maximum Gasteiger partial charge on any atom is 0.0399 e. The highest BCUT2D eigenvalue weighted by Crippen LogP contribution is 2.32. The molecule has 92 valence electrons. The first-order valence-corrected chi connectivity index (χ1v) is 6.81. The fraction of sp³-hybridized carbons (Fsp3) is 0.643. The van der Waals surface area contributed by atoms with Crippen molar-refractivity contribution in [3.05, 3.63) is 24.5 Å². The first-order valence-electron chi connectivity index (χ1n) is 6.81. The minimum absolute atomic E-state index is 0.791. The van der Waals surface area contributed by atoms with Gasteiger partial charge in [-0.2, -0.15) is 0 Å². The lowest BCUT2D eigenvalue weighted by molar-refractivity contribution is 0.376. The molecule has 1 aromatic heterocycles. The van der Waals surface area contributed by atoms with Gasteiger partial charge in [0.2, 0.25) is 0 Å². The molecule has 2 aliphatic rings. The predicted octanol–water partition coefficient (Wildman–Crippen LogP) is 2.05. The van der Waals surface area contributed by atoms with Crippen molar-refractivity contribution < 1.29 is 0 Å². The third-order valence-corrected chi connectivity index (χ3v) is 3.84. The molecule has 1 aliphatic heterocycles. The third kappa shape index (κ3) is 2.78. The summed E-state index contributed by atoms with van der Waals surface area (Å²) in [6.45, 7) is 3.60. The molecule has 1 aromatic rings. The molecule has 1 saturated heterocycles. The van der Waals surface area contributed by atoms with Gasteiger partial charge in [0, 0.05) is 30.7 Å². The minimum atomic E-state index is 0.791. The van der Waals surface area contributed by atoms with E-state index in [0.29, 0.717) is 0 Å². The minimum Gasteiger partial charge on any atom is -0.368 e. The van der Waals surface area contributed by atoms with E-state index in [4.69, 9.17) is 0 Å². The summed E-state index contributed by atoms with van der Waals surface area (Å²) in [6.07, 6.45) is 9.25. The molecular weight excluding hydrogens is 210 g/mol. The molecule has 0 aromatic carbocycles. The fourth-order valence-corrected chi connectivity index (χ4v) is 2.75. The Balaban J connectivity index is 1.67. The lowest BCUT2D eigenvalue weighted by Crippen LogP contribution is -2.39. The van der Waals surface area contributed by atoms with Gasteiger partial charge in [-0.25, -0.2) is 0 Å². The molecule has 1 unspecified atom stereocenters. The van der Waals surface area contributed by atoms with E-state index in [1.807, 2.05) is 12.4 Å². The Bertz CT molecular complexity index is 342. The summed E-state index contributed by atoms with van der Waals surface area (Å²) in [4.78, 5) is 6.71. The van der Waals surface area contributed by atoms with Crippen LogP contribution in [0.4, 0.5) is 5.69 Å². The largest absolute Gasteiger partial charge is 0.368 e. The van der Waals surface area contributed by atoms with Crippen molar-refractivity contribution in [1.29, 1.82) is 0 Å². The lowest BCUT2D eigenvalue weighted by atomic mass is 9.99. The highest BCUT2D eigenvalue weighted by Gasteiger charge is 2.31. The number of rotatable bonds is 4. The zero-order chi connectivity index (χ0) is 11.5. The van der Waals surface area contributed by atoms with E-state index in [-0.39, 0.29) is 0 Å². The number of hydrogen-bond acceptors (Lipinski definition) is 3. The molecular formula is C14H21N3. The van der Waals surface area contributed by atoms with E-state index >= 15 is 0 Å². The molecule has 2 fully saturated rings. The van der Waals surface area contributed by atoms with Gasteiger partial charge in [0.15, 0.2) is 0 Å². The van der Waals surface area contributed by atoms with Crippen LogP contribution in [0.1, 0.15) is 25.7 Å². The van der Waals surface area contributed by atoms with Crippen molar-refractivity contribution >= 4 is 5.69 Å². The van der Waals surface area contributed by atoms with E-state index in [1.54, 1.807) is 0 Å². The Kier molecular flexibility index (Phi) is 3.27. The highest BCUT2D eigenvalue weighted by atomic mass is 15.2. The molecule has 0 radical (unpaired) electrons. The Morgan fingerprint density at radius 1 is 1.24 bits per heavy atom. The number of piperidine rings is 1. The lowest BCUT2D eigenvalue weighted by Gasteiger charge is -2.31. The summed E-state index contributed by atoms with van der Waals surface area (Å²) in [5.74, 6) is 0.817. The molecule has 3 nitrogen and oxygen atoms in total. The van der Waals surface area contributed by atoms with Gasteiger partial charge >= 0.3 is 0 Å². The fourth-order valence-electron chi connectivity index (χ4n) is 2.75. The van der Waals surface area contributed by atoms with Crippen molar-refractivity contribution in [3.63, 3.8) is 0 Å². The van der Waals surface area contributed by atoms with Crippen LogP contribution in [0, 0.1) is 5.92 Å². The number of pyridine rings is 1. The average molecular weight is 231 g/mol. The smallest absolute Gasteiger partial charge is 0.0399 e. The second-order valence-electron chi connectivity index (χ2n) is 5.30. The number of hydrogen-bond donors (Lipinski definition) is 1. The standard InChI is InChI=1S/C14H21N3/c1-2-12(10-16-7-1)11-17(13-3-4-13)14-5-8-15-9-6-14/h5-6,8-9,12-13,16H,1-4,7,10-11H2. The molecule has 1 saturated carbocycles. The SMILES string of the molecule is c1cc(N(CC2CCCNC2)C2CC2)ccn1. The Morgan fingerprint density at radius 3 is 2.71 bits per heavy atom. The van der Waals surface area contributed by atoms with Crippen LogP contribution in [0.5, 0.6) is 0 Å². The van der Waals surface area contributed by atoms with Gasteiger partial charge in [-0.3, -0.25) is 4.98 Å². The number of aromatic nitrogens is 1. The second kappa shape index (κ2) is 5.05. The summed E-state index contributed by atoms with van der Waals surface area (Å²) in [5.41, 5.74) is 1.35. The van der Waals surface area contributed by atoms with Gasteiger partial charge in [0.05, 0.1) is 0 Å². The first kappa shape index (κ1) is 11.0. The summed E-state index contributed by atoms with van der Waals surface area (Å²) >= 11 is 0. The summed E-state index contributed by atoms with van der Waals surface area (Å²) in [6, 6.07) is 5.09. The van der Waals surface area contributed by atoms with Crippen molar-refractivity contribution in [2.45, 2.75) is 31.7 Å². The van der Waals surface area contributed by atoms with Crippen LogP contribution in [-0.4, -0.2) is 30.7 Å². The molecule has 0 bridgehead atoms. The van der Waals surface area contributed by atoms with Gasteiger partial charge in [0.1, 0.15) is 0 Å². The third-order valence-electron chi connectivity index (χ3n) is 3.84. The quantitative estimate of drug-likeness (QED) is 0.859. The molecule has 1 N–H and O–H groups in total. The molecule has 0 spiro atoms. The number of nitrogens with one attached hydrogen (secondary N) is 1. The van der Waals surface area contributed by atoms with Crippen LogP contribution < -0.4 is 10.2 Å². The Hall–Kier alpha value is -1.09. The predicted molar refractivity (Wildman–Crippen MR) is 70.2 cm³/mol. The Labute approximate surface area is 103 Å². The Morgan fingerprint density at radius 2 is 2.06 bits per heavy atom. The van der Waals surface area contributed by atoms with E-state index in [2.05, 4.69) is 27.3 Å². The van der Waals surface area contributed by atoms with Crippen molar-refractivity contribution in [1.82, 2.24) is 10.3 Å². The van der Waals surface area contributed by atoms with Crippen molar-refractivity contribution in [2.75, 3.05) is 24.5 Å². The number of nitrogens with zero attached hydrogens (tertiary/aromatic N) is 2. The van der Waals surface area contributed by atoms with Gasteiger partial charge in [-0.05, 0) is 56.8 Å². The number of anilines is 1. The van der Waals surface area contributed by atoms with Crippen molar-refractivity contribution in [3.8, 4) is 0 Å². The normalized spacial score (nSPS) is 24.6. The van der Waals surface area contributed by atoms with Gasteiger partial charge in [-0.15, -0.1) is 0 Å². The molecule has 3 rings (SSSR count). The van der Waals surface area contributed by atoms with Crippen LogP contribution in [0.15, 0.2) is 24.5 Å². The molecule has 0 amide bonds. The van der Waals surface area contributed by atoms with E-state index in [0.717, 1.165) is 12.0 Å². The molecule has 1 atom stereocenters. The highest BCUT2D eigenvalue weighted by molar-refractivity contribution is 5.47. The van der Waals surface area contributed by atoms with Crippen LogP contribution in [0.25, 0.3) is 0 Å². The van der Waals surface area contributed by atoms with E-state index < -0.39 is 0 Å². The molecule has 1 aliphatic carbocycles. The zero-order valence-electron chi connectivity index (χ0n) is 10.3. The second-order valence-corrected chi connectivity index (χ2v) is 5.30. The summed E-state index contributed by atoms with van der Waals surface area (Å²) in [7, 11) is 0.